The van der Waals surface area contributed by atoms with E-state index in [4.69, 9.17) is 9.15 Å². The van der Waals surface area contributed by atoms with Gasteiger partial charge in [-0.05, 0) is 6.92 Å². The number of rotatable bonds is 0. The number of cyclic esters (lactones) is 1. The van der Waals surface area contributed by atoms with Crippen LogP contribution in [0.25, 0.3) is 0 Å². The van der Waals surface area contributed by atoms with Crippen LogP contribution in [0, 0.1) is 0 Å². The van der Waals surface area contributed by atoms with Gasteiger partial charge in [0.05, 0.1) is 23.5 Å². The number of carbonyl (C=O) groups excluding carboxylic acids is 3. The molecule has 0 spiro atoms. The Morgan fingerprint density at radius 2 is 2.00 bits per heavy atom. The fourth-order valence-corrected chi connectivity index (χ4v) is 4.10. The second-order valence-electron chi connectivity index (χ2n) is 7.70. The smallest absolute Gasteiger partial charge is 0.329 e. The van der Waals surface area contributed by atoms with Crippen LogP contribution >= 0.6 is 11.8 Å². The van der Waals surface area contributed by atoms with Gasteiger partial charge in [0.15, 0.2) is 11.6 Å². The Hall–Kier alpha value is -2.89. The molecule has 0 saturated heterocycles. The maximum atomic E-state index is 12.6. The molecule has 3 rings (SSSR count). The van der Waals surface area contributed by atoms with Crippen LogP contribution in [0.1, 0.15) is 36.1 Å². The van der Waals surface area contributed by atoms with Crippen molar-refractivity contribution in [1.29, 1.82) is 0 Å². The predicted octanol–water partition coefficient (Wildman–Crippen LogP) is 0.622. The molecule has 1 aromatic heterocycles. The number of allylic oxidation sites excluding steroid dienone is 2. The monoisotopic (exact) mass is 477 g/mol. The summed E-state index contributed by atoms with van der Waals surface area (Å²) in [7, 11) is 0. The highest BCUT2D eigenvalue weighted by molar-refractivity contribution is 8.04. The van der Waals surface area contributed by atoms with E-state index in [1.807, 2.05) is 0 Å². The summed E-state index contributed by atoms with van der Waals surface area (Å²) in [6.07, 6.45) is 7.47. The number of oxazole rings is 1. The standard InChI is InChI=1S/C22H27N3O7S/c1-13-6-7-18-21(29)23-8-4-2-3-5-14(26)9-15(27)10-19-24-16(11-31-19)20(28)25-17(12-33-18)22(30)32-13/h2-5,7,11,13-15,17,26-27H,6,8-10,12H2,1H3,(H,23,29)(H,25,28)/b4-2-,5-3-,18-7-/t13-,14+,15-,17-/m1/s1. The third-order valence-corrected chi connectivity index (χ3v) is 6.00. The van der Waals surface area contributed by atoms with Crippen LogP contribution in [0.3, 0.4) is 0 Å². The number of esters is 1. The van der Waals surface area contributed by atoms with Gasteiger partial charge in [0.25, 0.3) is 11.8 Å². The maximum Gasteiger partial charge on any atom is 0.329 e. The number of fused-ring (bicyclic) bond motifs is 5. The van der Waals surface area contributed by atoms with Gasteiger partial charge in [-0.15, -0.1) is 11.8 Å². The van der Waals surface area contributed by atoms with Crippen molar-refractivity contribution < 1.29 is 33.8 Å². The summed E-state index contributed by atoms with van der Waals surface area (Å²) < 4.78 is 10.7. The van der Waals surface area contributed by atoms with E-state index in [0.717, 1.165) is 18.0 Å². The summed E-state index contributed by atoms with van der Waals surface area (Å²) in [6, 6.07) is -1.00. The van der Waals surface area contributed by atoms with Crippen molar-refractivity contribution in [3.8, 4) is 0 Å². The van der Waals surface area contributed by atoms with Gasteiger partial charge in [0.2, 0.25) is 0 Å². The highest BCUT2D eigenvalue weighted by Gasteiger charge is 2.28. The van der Waals surface area contributed by atoms with Gasteiger partial charge in [0, 0.05) is 25.1 Å². The summed E-state index contributed by atoms with van der Waals surface area (Å²) in [5.41, 5.74) is -0.0589. The minimum absolute atomic E-state index is 0.00699. The van der Waals surface area contributed by atoms with Crippen LogP contribution in [0.2, 0.25) is 0 Å². The van der Waals surface area contributed by atoms with Gasteiger partial charge in [0.1, 0.15) is 18.4 Å². The Kier molecular flexibility index (Phi) is 8.87. The molecule has 1 aromatic rings. The van der Waals surface area contributed by atoms with E-state index in [9.17, 15) is 24.6 Å². The average molecular weight is 478 g/mol. The first-order chi connectivity index (χ1) is 15.8. The molecular weight excluding hydrogens is 450 g/mol. The van der Waals surface area contributed by atoms with Crippen LogP contribution in [0.5, 0.6) is 0 Å². The van der Waals surface area contributed by atoms with Gasteiger partial charge in [-0.1, -0.05) is 30.4 Å². The number of nitrogens with zero attached hydrogens (tertiary/aromatic N) is 1. The summed E-state index contributed by atoms with van der Waals surface area (Å²) in [6.45, 7) is 1.97. The fourth-order valence-electron chi connectivity index (χ4n) is 3.12. The average Bonchev–Trinajstić information content (AvgIpc) is 3.23. The van der Waals surface area contributed by atoms with Crippen LogP contribution in [-0.2, 0) is 20.7 Å². The molecule has 4 atom stereocenters. The number of thioether (sulfide) groups is 1. The van der Waals surface area contributed by atoms with Crippen LogP contribution in [-0.4, -0.2) is 69.6 Å². The Balaban J connectivity index is 1.84. The lowest BCUT2D eigenvalue weighted by atomic mass is 10.1. The second kappa shape index (κ2) is 11.8. The first-order valence-electron chi connectivity index (χ1n) is 10.6. The van der Waals surface area contributed by atoms with E-state index in [1.165, 1.54) is 6.08 Å². The van der Waals surface area contributed by atoms with E-state index >= 15 is 0 Å². The van der Waals surface area contributed by atoms with Crippen molar-refractivity contribution in [3.05, 3.63) is 53.1 Å². The number of aliphatic hydroxyl groups excluding tert-OH is 2. The van der Waals surface area contributed by atoms with Crippen molar-refractivity contribution >= 4 is 29.5 Å². The topological polar surface area (TPSA) is 151 Å². The zero-order chi connectivity index (χ0) is 23.8. The lowest BCUT2D eigenvalue weighted by Crippen LogP contribution is -2.44. The lowest BCUT2D eigenvalue weighted by molar-refractivity contribution is -0.149. The SMILES string of the molecule is C[C@@H]1C/C=C2\SC[C@@H](NC(=O)c3coc(n3)C[C@H](O)C[C@@H](O)/C=C\C=C/CNC2=O)C(=O)O1. The Morgan fingerprint density at radius 3 is 2.82 bits per heavy atom. The zero-order valence-corrected chi connectivity index (χ0v) is 18.9. The van der Waals surface area contributed by atoms with E-state index in [0.29, 0.717) is 11.3 Å². The maximum absolute atomic E-state index is 12.6. The first kappa shape index (κ1) is 24.7. The van der Waals surface area contributed by atoms with Gasteiger partial charge in [-0.2, -0.15) is 0 Å². The molecule has 0 saturated carbocycles. The molecule has 2 aliphatic rings. The molecule has 2 amide bonds. The summed E-state index contributed by atoms with van der Waals surface area (Å²) in [5.74, 6) is -1.34. The number of aliphatic hydroxyl groups is 2. The zero-order valence-electron chi connectivity index (χ0n) is 18.1. The molecule has 33 heavy (non-hydrogen) atoms. The van der Waals surface area contributed by atoms with E-state index in [-0.39, 0.29) is 42.6 Å². The van der Waals surface area contributed by atoms with Crippen molar-refractivity contribution in [1.82, 2.24) is 15.6 Å². The van der Waals surface area contributed by atoms with Gasteiger partial charge >= 0.3 is 5.97 Å². The lowest BCUT2D eigenvalue weighted by Gasteiger charge is -2.18. The molecule has 0 radical (unpaired) electrons. The molecule has 178 valence electrons. The molecule has 4 N–H and O–H groups in total. The second-order valence-corrected chi connectivity index (χ2v) is 8.76. The summed E-state index contributed by atoms with van der Waals surface area (Å²) in [4.78, 5) is 42.3. The predicted molar refractivity (Wildman–Crippen MR) is 120 cm³/mol. The molecule has 0 fully saturated rings. The molecule has 2 aliphatic heterocycles. The minimum atomic E-state index is -1.00. The van der Waals surface area contributed by atoms with Gasteiger partial charge < -0.3 is 30.0 Å². The molecule has 10 nitrogen and oxygen atoms in total. The van der Waals surface area contributed by atoms with E-state index in [1.54, 1.807) is 31.2 Å². The number of carbonyl (C=O) groups is 3. The largest absolute Gasteiger partial charge is 0.461 e. The summed E-state index contributed by atoms with van der Waals surface area (Å²) in [5, 5.41) is 25.6. The Morgan fingerprint density at radius 1 is 1.18 bits per heavy atom. The molecule has 3 heterocycles. The van der Waals surface area contributed by atoms with Crippen LogP contribution in [0.15, 0.2) is 46.0 Å². The van der Waals surface area contributed by atoms with Crippen molar-refractivity contribution in [2.45, 2.75) is 50.5 Å². The van der Waals surface area contributed by atoms with Crippen molar-refractivity contribution in [2.75, 3.05) is 12.3 Å². The Labute approximate surface area is 195 Å². The molecule has 11 heteroatoms. The molecule has 0 aromatic carbocycles. The number of amides is 2. The quantitative estimate of drug-likeness (QED) is 0.394. The third kappa shape index (κ3) is 7.58. The fraction of sp³-hybridized carbons (Fsp3) is 0.455. The molecule has 4 bridgehead atoms. The summed E-state index contributed by atoms with van der Waals surface area (Å²) >= 11 is 1.15. The molecule has 0 unspecified atom stereocenters. The van der Waals surface area contributed by atoms with E-state index < -0.39 is 36.2 Å². The first-order valence-corrected chi connectivity index (χ1v) is 11.6. The molecular formula is C22H27N3O7S. The van der Waals surface area contributed by atoms with Crippen LogP contribution < -0.4 is 10.6 Å². The van der Waals surface area contributed by atoms with Crippen molar-refractivity contribution in [2.24, 2.45) is 0 Å². The van der Waals surface area contributed by atoms with Crippen LogP contribution in [0.4, 0.5) is 0 Å². The normalized spacial score (nSPS) is 31.5. The number of ether oxygens (including phenoxy) is 1. The Bertz CT molecular complexity index is 956. The van der Waals surface area contributed by atoms with Crippen molar-refractivity contribution in [3.63, 3.8) is 0 Å². The third-order valence-electron chi connectivity index (χ3n) is 4.84. The number of nitrogens with one attached hydrogen (secondary N) is 2. The van der Waals surface area contributed by atoms with Gasteiger partial charge in [-0.25, -0.2) is 9.78 Å². The highest BCUT2D eigenvalue weighted by Crippen LogP contribution is 2.22. The number of aromatic nitrogens is 1. The highest BCUT2D eigenvalue weighted by atomic mass is 32.2. The minimum Gasteiger partial charge on any atom is -0.461 e. The molecule has 0 aliphatic carbocycles. The van der Waals surface area contributed by atoms with E-state index in [2.05, 4.69) is 15.6 Å². The number of hydrogen-bond acceptors (Lipinski definition) is 9. The van der Waals surface area contributed by atoms with Gasteiger partial charge in [-0.3, -0.25) is 9.59 Å². The number of hydrogen-bond donors (Lipinski definition) is 4.